The number of ether oxygens (including phenoxy) is 1. The molecule has 1 unspecified atom stereocenters. The zero-order valence-corrected chi connectivity index (χ0v) is 15.1. The molecule has 0 saturated carbocycles. The van der Waals surface area contributed by atoms with E-state index in [9.17, 15) is 9.50 Å². The first-order chi connectivity index (χ1) is 12.9. The van der Waals surface area contributed by atoms with E-state index in [1.54, 1.807) is 24.3 Å². The van der Waals surface area contributed by atoms with Crippen molar-refractivity contribution in [1.82, 2.24) is 5.16 Å². The highest BCUT2D eigenvalue weighted by molar-refractivity contribution is 5.59. The smallest absolute Gasteiger partial charge is 0.137 e. The van der Waals surface area contributed by atoms with E-state index < -0.39 is 5.60 Å². The van der Waals surface area contributed by atoms with Gasteiger partial charge in [0.15, 0.2) is 0 Å². The lowest BCUT2D eigenvalue weighted by Crippen LogP contribution is -2.36. The normalized spacial score (nSPS) is 13.3. The van der Waals surface area contributed by atoms with Crippen LogP contribution >= 0.6 is 0 Å². The SMILES string of the molecule is CC(O)(CO)COc1ccc(-c2cc(CCc3ccc(F)cc3)on2)cc1. The van der Waals surface area contributed by atoms with Crippen LogP contribution in [0.3, 0.4) is 0 Å². The molecule has 3 aromatic rings. The molecule has 2 N–H and O–H groups in total. The van der Waals surface area contributed by atoms with E-state index in [1.807, 2.05) is 18.2 Å². The lowest BCUT2D eigenvalue weighted by molar-refractivity contribution is -0.0324. The molecule has 0 amide bonds. The van der Waals surface area contributed by atoms with Crippen LogP contribution < -0.4 is 4.74 Å². The van der Waals surface area contributed by atoms with E-state index in [-0.39, 0.29) is 19.0 Å². The number of hydrogen-bond acceptors (Lipinski definition) is 5. The topological polar surface area (TPSA) is 75.7 Å². The maximum absolute atomic E-state index is 12.9. The number of aliphatic hydroxyl groups excluding tert-OH is 1. The summed E-state index contributed by atoms with van der Waals surface area (Å²) in [6.07, 6.45) is 1.42. The molecule has 27 heavy (non-hydrogen) atoms. The highest BCUT2D eigenvalue weighted by atomic mass is 19.1. The van der Waals surface area contributed by atoms with Gasteiger partial charge >= 0.3 is 0 Å². The predicted octanol–water partition coefficient (Wildman–Crippen LogP) is 3.39. The first kappa shape index (κ1) is 19.1. The Kier molecular flexibility index (Phi) is 5.88. The van der Waals surface area contributed by atoms with Crippen LogP contribution in [0.2, 0.25) is 0 Å². The summed E-state index contributed by atoms with van der Waals surface area (Å²) in [5.41, 5.74) is 1.37. The molecule has 0 saturated heterocycles. The van der Waals surface area contributed by atoms with E-state index in [4.69, 9.17) is 14.4 Å². The van der Waals surface area contributed by atoms with Gasteiger partial charge in [0.1, 0.15) is 35.2 Å². The minimum atomic E-state index is -1.27. The third-order valence-electron chi connectivity index (χ3n) is 4.17. The molecule has 0 radical (unpaired) electrons. The number of aryl methyl sites for hydroxylation is 2. The summed E-state index contributed by atoms with van der Waals surface area (Å²) in [4.78, 5) is 0. The second-order valence-electron chi connectivity index (χ2n) is 6.77. The molecule has 0 aliphatic heterocycles. The van der Waals surface area contributed by atoms with Gasteiger partial charge in [0.25, 0.3) is 0 Å². The molecule has 2 aromatic carbocycles. The molecule has 1 heterocycles. The predicted molar refractivity (Wildman–Crippen MR) is 99.0 cm³/mol. The molecule has 1 aromatic heterocycles. The third-order valence-corrected chi connectivity index (χ3v) is 4.17. The Morgan fingerprint density at radius 3 is 2.44 bits per heavy atom. The van der Waals surface area contributed by atoms with Crippen molar-refractivity contribution in [2.24, 2.45) is 0 Å². The van der Waals surface area contributed by atoms with Crippen molar-refractivity contribution >= 4 is 0 Å². The number of aliphatic hydroxyl groups is 2. The highest BCUT2D eigenvalue weighted by Crippen LogP contribution is 2.23. The molecule has 142 valence electrons. The number of aromatic nitrogens is 1. The van der Waals surface area contributed by atoms with E-state index in [2.05, 4.69) is 5.16 Å². The molecular formula is C21H22FNO4. The summed E-state index contributed by atoms with van der Waals surface area (Å²) in [6, 6.07) is 15.6. The van der Waals surface area contributed by atoms with Crippen molar-refractivity contribution in [3.8, 4) is 17.0 Å². The highest BCUT2D eigenvalue weighted by Gasteiger charge is 2.19. The van der Waals surface area contributed by atoms with E-state index >= 15 is 0 Å². The zero-order chi connectivity index (χ0) is 19.3. The molecule has 0 bridgehead atoms. The second kappa shape index (κ2) is 8.33. The number of rotatable bonds is 8. The molecule has 0 aliphatic rings. The van der Waals surface area contributed by atoms with Crippen molar-refractivity contribution in [2.75, 3.05) is 13.2 Å². The molecule has 1 atom stereocenters. The molecule has 6 heteroatoms. The van der Waals surface area contributed by atoms with Crippen molar-refractivity contribution in [2.45, 2.75) is 25.4 Å². The van der Waals surface area contributed by atoms with Crippen LogP contribution in [-0.2, 0) is 12.8 Å². The van der Waals surface area contributed by atoms with Gasteiger partial charge in [0, 0.05) is 18.1 Å². The van der Waals surface area contributed by atoms with Gasteiger partial charge in [-0.3, -0.25) is 0 Å². The average molecular weight is 371 g/mol. The summed E-state index contributed by atoms with van der Waals surface area (Å²) < 4.78 is 23.8. The van der Waals surface area contributed by atoms with Crippen LogP contribution in [0.15, 0.2) is 59.1 Å². The van der Waals surface area contributed by atoms with E-state index in [0.717, 1.165) is 29.0 Å². The monoisotopic (exact) mass is 371 g/mol. The van der Waals surface area contributed by atoms with Crippen LogP contribution in [0.25, 0.3) is 11.3 Å². The quantitative estimate of drug-likeness (QED) is 0.635. The first-order valence-electron chi connectivity index (χ1n) is 8.72. The first-order valence-corrected chi connectivity index (χ1v) is 8.72. The lowest BCUT2D eigenvalue weighted by atomic mass is 10.1. The van der Waals surface area contributed by atoms with Crippen molar-refractivity contribution < 1.29 is 23.9 Å². The van der Waals surface area contributed by atoms with Crippen LogP contribution in [-0.4, -0.2) is 34.2 Å². The maximum atomic E-state index is 12.9. The fourth-order valence-electron chi connectivity index (χ4n) is 2.49. The van der Waals surface area contributed by atoms with E-state index in [1.165, 1.54) is 19.1 Å². The Balaban J connectivity index is 1.58. The maximum Gasteiger partial charge on any atom is 0.137 e. The standard InChI is InChI=1S/C21H22FNO4/c1-21(25,13-24)14-26-18-10-5-16(6-11-18)20-12-19(27-23-20)9-4-15-2-7-17(22)8-3-15/h2-3,5-8,10-12,24-25H,4,9,13-14H2,1H3. The minimum Gasteiger partial charge on any atom is -0.491 e. The van der Waals surface area contributed by atoms with E-state index in [0.29, 0.717) is 12.2 Å². The Morgan fingerprint density at radius 1 is 1.07 bits per heavy atom. The summed E-state index contributed by atoms with van der Waals surface area (Å²) >= 11 is 0. The Bertz CT molecular complexity index is 857. The number of halogens is 1. The van der Waals surface area contributed by atoms with Gasteiger partial charge in [-0.2, -0.15) is 0 Å². The average Bonchev–Trinajstić information content (AvgIpc) is 3.15. The van der Waals surface area contributed by atoms with Crippen molar-refractivity contribution in [1.29, 1.82) is 0 Å². The van der Waals surface area contributed by atoms with Gasteiger partial charge in [0.2, 0.25) is 0 Å². The second-order valence-corrected chi connectivity index (χ2v) is 6.77. The summed E-state index contributed by atoms with van der Waals surface area (Å²) in [6.45, 7) is 1.13. The Morgan fingerprint density at radius 2 is 1.78 bits per heavy atom. The van der Waals surface area contributed by atoms with Gasteiger partial charge in [-0.25, -0.2) is 4.39 Å². The Hall–Kier alpha value is -2.70. The largest absolute Gasteiger partial charge is 0.491 e. The third kappa shape index (κ3) is 5.39. The molecule has 5 nitrogen and oxygen atoms in total. The van der Waals surface area contributed by atoms with Gasteiger partial charge in [-0.15, -0.1) is 0 Å². The van der Waals surface area contributed by atoms with Crippen LogP contribution in [0.5, 0.6) is 5.75 Å². The van der Waals surface area contributed by atoms with Crippen LogP contribution in [0.1, 0.15) is 18.2 Å². The molecule has 0 spiro atoms. The van der Waals surface area contributed by atoms with Gasteiger partial charge in [0.05, 0.1) is 6.61 Å². The fourth-order valence-corrected chi connectivity index (χ4v) is 2.49. The minimum absolute atomic E-state index is 0.000338. The fraction of sp³-hybridized carbons (Fsp3) is 0.286. The number of benzene rings is 2. The molecule has 3 rings (SSSR count). The van der Waals surface area contributed by atoms with Gasteiger partial charge < -0.3 is 19.5 Å². The lowest BCUT2D eigenvalue weighted by Gasteiger charge is -2.20. The van der Waals surface area contributed by atoms with Crippen LogP contribution in [0, 0.1) is 5.82 Å². The van der Waals surface area contributed by atoms with Gasteiger partial charge in [-0.05, 0) is 55.3 Å². The summed E-state index contributed by atoms with van der Waals surface area (Å²) in [5.74, 6) is 1.11. The number of nitrogens with zero attached hydrogens (tertiary/aromatic N) is 1. The summed E-state index contributed by atoms with van der Waals surface area (Å²) in [7, 11) is 0. The molecular weight excluding hydrogens is 349 g/mol. The number of hydrogen-bond donors (Lipinski definition) is 2. The zero-order valence-electron chi connectivity index (χ0n) is 15.1. The molecule has 0 fully saturated rings. The van der Waals surface area contributed by atoms with Crippen LogP contribution in [0.4, 0.5) is 4.39 Å². The van der Waals surface area contributed by atoms with Gasteiger partial charge in [-0.1, -0.05) is 17.3 Å². The van der Waals surface area contributed by atoms with Crippen molar-refractivity contribution in [3.63, 3.8) is 0 Å². The van der Waals surface area contributed by atoms with Crippen molar-refractivity contribution in [3.05, 3.63) is 71.7 Å². The molecule has 0 aliphatic carbocycles. The Labute approximate surface area is 157 Å². The summed E-state index contributed by atoms with van der Waals surface area (Å²) in [5, 5.41) is 22.9.